The Balaban J connectivity index is 1.76. The molecule has 1 aliphatic rings. The maximum absolute atomic E-state index is 6.41. The summed E-state index contributed by atoms with van der Waals surface area (Å²) >= 11 is 0. The van der Waals surface area contributed by atoms with Gasteiger partial charge in [-0.05, 0) is 16.3 Å². The molecular formula is C22H16O2. The van der Waals surface area contributed by atoms with E-state index in [0.717, 1.165) is 27.8 Å². The van der Waals surface area contributed by atoms with Crippen LogP contribution in [0.2, 0.25) is 0 Å². The molecule has 1 atom stereocenters. The van der Waals surface area contributed by atoms with E-state index < -0.39 is 0 Å². The third-order valence-electron chi connectivity index (χ3n) is 4.65. The summed E-state index contributed by atoms with van der Waals surface area (Å²) in [4.78, 5) is 0. The highest BCUT2D eigenvalue weighted by Gasteiger charge is 2.26. The number of hydrogen-bond acceptors (Lipinski definition) is 2. The van der Waals surface area contributed by atoms with Crippen LogP contribution in [0.15, 0.2) is 78.9 Å². The first-order chi connectivity index (χ1) is 11.9. The molecule has 1 aliphatic heterocycles. The van der Waals surface area contributed by atoms with Crippen molar-refractivity contribution in [3.63, 3.8) is 0 Å². The summed E-state index contributed by atoms with van der Waals surface area (Å²) in [6, 6.07) is 27.0. The molecule has 0 saturated heterocycles. The molecule has 0 fully saturated rings. The van der Waals surface area contributed by atoms with E-state index in [2.05, 4.69) is 48.5 Å². The summed E-state index contributed by atoms with van der Waals surface area (Å²) in [6.45, 7) is 0.527. The van der Waals surface area contributed by atoms with Gasteiger partial charge >= 0.3 is 0 Å². The van der Waals surface area contributed by atoms with Crippen LogP contribution in [0.1, 0.15) is 11.7 Å². The standard InChI is InChI=1S/C22H16O2/c1-2-8-15(9-3-1)20-14-23-21-18-12-6-4-10-16(18)17-11-5-7-13-19(17)22(21)24-20/h1-13,20H,14H2. The van der Waals surface area contributed by atoms with Gasteiger partial charge in [-0.2, -0.15) is 0 Å². The lowest BCUT2D eigenvalue weighted by atomic mass is 9.99. The number of ether oxygens (including phenoxy) is 2. The zero-order chi connectivity index (χ0) is 15.9. The second-order valence-electron chi connectivity index (χ2n) is 6.08. The minimum atomic E-state index is -0.0803. The van der Waals surface area contributed by atoms with E-state index in [1.54, 1.807) is 0 Å². The van der Waals surface area contributed by atoms with E-state index in [9.17, 15) is 0 Å². The molecule has 116 valence electrons. The topological polar surface area (TPSA) is 18.5 Å². The number of rotatable bonds is 1. The number of fused-ring (bicyclic) bond motifs is 6. The van der Waals surface area contributed by atoms with E-state index in [1.165, 1.54) is 10.8 Å². The van der Waals surface area contributed by atoms with E-state index in [0.29, 0.717) is 6.61 Å². The third-order valence-corrected chi connectivity index (χ3v) is 4.65. The Morgan fingerprint density at radius 3 is 1.79 bits per heavy atom. The minimum Gasteiger partial charge on any atom is -0.485 e. The molecule has 0 aliphatic carbocycles. The molecular weight excluding hydrogens is 296 g/mol. The highest BCUT2D eigenvalue weighted by atomic mass is 16.6. The Labute approximate surface area is 140 Å². The molecule has 0 saturated carbocycles. The fraction of sp³-hybridized carbons (Fsp3) is 0.0909. The number of benzene rings is 4. The second kappa shape index (κ2) is 5.27. The molecule has 1 heterocycles. The van der Waals surface area contributed by atoms with Crippen molar-refractivity contribution < 1.29 is 9.47 Å². The van der Waals surface area contributed by atoms with Crippen LogP contribution in [0.3, 0.4) is 0 Å². The van der Waals surface area contributed by atoms with E-state index in [1.807, 2.05) is 30.3 Å². The summed E-state index contributed by atoms with van der Waals surface area (Å²) in [6.07, 6.45) is -0.0803. The normalized spacial score (nSPS) is 16.4. The van der Waals surface area contributed by atoms with Crippen LogP contribution in [0, 0.1) is 0 Å². The Hall–Kier alpha value is -3.00. The van der Waals surface area contributed by atoms with Gasteiger partial charge in [0.05, 0.1) is 0 Å². The zero-order valence-electron chi connectivity index (χ0n) is 13.1. The first kappa shape index (κ1) is 13.4. The van der Waals surface area contributed by atoms with Crippen molar-refractivity contribution in [3.05, 3.63) is 84.4 Å². The first-order valence-electron chi connectivity index (χ1n) is 8.19. The van der Waals surface area contributed by atoms with Crippen molar-refractivity contribution in [1.29, 1.82) is 0 Å². The van der Waals surface area contributed by atoms with Crippen LogP contribution in [0.5, 0.6) is 11.5 Å². The molecule has 0 radical (unpaired) electrons. The fourth-order valence-electron chi connectivity index (χ4n) is 3.50. The predicted molar refractivity (Wildman–Crippen MR) is 96.8 cm³/mol. The van der Waals surface area contributed by atoms with Crippen molar-refractivity contribution in [3.8, 4) is 11.5 Å². The van der Waals surface area contributed by atoms with Crippen LogP contribution < -0.4 is 9.47 Å². The molecule has 5 rings (SSSR count). The van der Waals surface area contributed by atoms with Gasteiger partial charge in [0, 0.05) is 10.8 Å². The number of hydrogen-bond donors (Lipinski definition) is 0. The minimum absolute atomic E-state index is 0.0803. The van der Waals surface area contributed by atoms with E-state index >= 15 is 0 Å². The summed E-state index contributed by atoms with van der Waals surface area (Å²) in [7, 11) is 0. The fourth-order valence-corrected chi connectivity index (χ4v) is 3.50. The summed E-state index contributed by atoms with van der Waals surface area (Å²) in [5.74, 6) is 1.71. The largest absolute Gasteiger partial charge is 0.485 e. The smallest absolute Gasteiger partial charge is 0.170 e. The zero-order valence-corrected chi connectivity index (χ0v) is 13.1. The first-order valence-corrected chi connectivity index (χ1v) is 8.19. The third kappa shape index (κ3) is 1.96. The maximum atomic E-state index is 6.41. The van der Waals surface area contributed by atoms with Crippen LogP contribution in [-0.2, 0) is 0 Å². The van der Waals surface area contributed by atoms with E-state index in [4.69, 9.17) is 9.47 Å². The van der Waals surface area contributed by atoms with Crippen molar-refractivity contribution in [2.45, 2.75) is 6.10 Å². The van der Waals surface area contributed by atoms with Gasteiger partial charge in [0.2, 0.25) is 0 Å². The van der Waals surface area contributed by atoms with Crippen LogP contribution >= 0.6 is 0 Å². The van der Waals surface area contributed by atoms with Crippen LogP contribution in [-0.4, -0.2) is 6.61 Å². The Morgan fingerprint density at radius 1 is 0.583 bits per heavy atom. The van der Waals surface area contributed by atoms with Gasteiger partial charge in [-0.25, -0.2) is 0 Å². The van der Waals surface area contributed by atoms with Gasteiger partial charge < -0.3 is 9.47 Å². The van der Waals surface area contributed by atoms with Gasteiger partial charge in [0.1, 0.15) is 6.61 Å². The molecule has 4 aromatic rings. The molecule has 0 bridgehead atoms. The second-order valence-corrected chi connectivity index (χ2v) is 6.08. The molecule has 0 N–H and O–H groups in total. The van der Waals surface area contributed by atoms with Gasteiger partial charge in [0.25, 0.3) is 0 Å². The maximum Gasteiger partial charge on any atom is 0.170 e. The summed E-state index contributed by atoms with van der Waals surface area (Å²) in [5.41, 5.74) is 1.14. The predicted octanol–water partition coefficient (Wildman–Crippen LogP) is 5.51. The lowest BCUT2D eigenvalue weighted by Crippen LogP contribution is -2.21. The SMILES string of the molecule is c1ccc(C2COc3c(c4ccccc4c4ccccc34)O2)cc1. The Kier molecular flexibility index (Phi) is 2.95. The summed E-state index contributed by atoms with van der Waals surface area (Å²) in [5, 5.41) is 4.61. The summed E-state index contributed by atoms with van der Waals surface area (Å²) < 4.78 is 12.6. The van der Waals surface area contributed by atoms with Crippen molar-refractivity contribution in [2.24, 2.45) is 0 Å². The van der Waals surface area contributed by atoms with Gasteiger partial charge in [0.15, 0.2) is 17.6 Å². The monoisotopic (exact) mass is 312 g/mol. The van der Waals surface area contributed by atoms with Gasteiger partial charge in [-0.15, -0.1) is 0 Å². The highest BCUT2D eigenvalue weighted by molar-refractivity contribution is 6.13. The molecule has 0 amide bonds. The molecule has 24 heavy (non-hydrogen) atoms. The van der Waals surface area contributed by atoms with Crippen molar-refractivity contribution in [2.75, 3.05) is 6.61 Å². The average molecular weight is 312 g/mol. The Morgan fingerprint density at radius 2 is 1.12 bits per heavy atom. The quantitative estimate of drug-likeness (QED) is 0.432. The van der Waals surface area contributed by atoms with E-state index in [-0.39, 0.29) is 6.10 Å². The highest BCUT2D eigenvalue weighted by Crippen LogP contribution is 2.47. The van der Waals surface area contributed by atoms with Crippen LogP contribution in [0.25, 0.3) is 21.5 Å². The average Bonchev–Trinajstić information content (AvgIpc) is 2.68. The lowest BCUT2D eigenvalue weighted by molar-refractivity contribution is 0.0951. The van der Waals surface area contributed by atoms with Crippen LogP contribution in [0.4, 0.5) is 0 Å². The Bertz CT molecular complexity index is 1040. The molecule has 0 aromatic heterocycles. The van der Waals surface area contributed by atoms with Crippen molar-refractivity contribution in [1.82, 2.24) is 0 Å². The molecule has 0 spiro atoms. The van der Waals surface area contributed by atoms with Gasteiger partial charge in [-0.1, -0.05) is 78.9 Å². The van der Waals surface area contributed by atoms with Crippen molar-refractivity contribution >= 4 is 21.5 Å². The molecule has 4 aromatic carbocycles. The van der Waals surface area contributed by atoms with Gasteiger partial charge in [-0.3, -0.25) is 0 Å². The lowest BCUT2D eigenvalue weighted by Gasteiger charge is -2.29. The molecule has 2 heteroatoms. The molecule has 1 unspecified atom stereocenters. The molecule has 2 nitrogen and oxygen atoms in total.